The van der Waals surface area contributed by atoms with E-state index in [9.17, 15) is 43.2 Å². The molecule has 24 heteroatoms. The predicted molar refractivity (Wildman–Crippen MR) is 590 cm³/mol. The Labute approximate surface area is 861 Å². The Bertz CT molecular complexity index is 2830. The van der Waals surface area contributed by atoms with E-state index < -0.39 is 0 Å². The van der Waals surface area contributed by atoms with Gasteiger partial charge < -0.3 is 57.8 Å². The molecule has 0 fully saturated rings. The van der Waals surface area contributed by atoms with E-state index in [1.165, 1.54) is 266 Å². The van der Waals surface area contributed by atoms with E-state index in [1.54, 1.807) is 9.80 Å². The number of unbranched alkanes of at least 4 members (excludes halogenated alkanes) is 40. The highest BCUT2D eigenvalue weighted by atomic mass is 32.2. The minimum Gasteiger partial charge on any atom is -0.462 e. The normalized spacial score (nSPS) is 11.5. The molecule has 0 aromatic rings. The molecule has 0 spiro atoms. The van der Waals surface area contributed by atoms with Crippen molar-refractivity contribution in [1.82, 2.24) is 29.4 Å². The summed E-state index contributed by atoms with van der Waals surface area (Å²) in [5, 5.41) is 0.0821. The molecule has 0 bridgehead atoms. The van der Waals surface area contributed by atoms with E-state index in [2.05, 4.69) is 95.2 Å². The molecule has 810 valence electrons. The molecule has 0 aliphatic heterocycles. The van der Waals surface area contributed by atoms with Crippen LogP contribution in [0.3, 0.4) is 0 Å². The molecule has 0 aromatic heterocycles. The zero-order valence-electron chi connectivity index (χ0n) is 92.0. The first kappa shape index (κ1) is 138. The number of amides is 3. The van der Waals surface area contributed by atoms with Gasteiger partial charge >= 0.3 is 35.8 Å². The van der Waals surface area contributed by atoms with Crippen molar-refractivity contribution in [3.63, 3.8) is 0 Å². The summed E-state index contributed by atoms with van der Waals surface area (Å²) in [6.07, 6.45) is 80.4. The van der Waals surface area contributed by atoms with E-state index in [4.69, 9.17) is 28.4 Å². The number of hydrogen-bond acceptors (Lipinski definition) is 21. The van der Waals surface area contributed by atoms with E-state index in [-0.39, 0.29) is 82.7 Å². The quantitative estimate of drug-likeness (QED) is 0.0238. The molecule has 0 aliphatic rings. The highest BCUT2D eigenvalue weighted by Crippen LogP contribution is 2.25. The van der Waals surface area contributed by atoms with Gasteiger partial charge in [-0.3, -0.25) is 43.2 Å². The van der Waals surface area contributed by atoms with Crippen molar-refractivity contribution >= 4 is 86.8 Å². The molecule has 0 saturated heterocycles. The van der Waals surface area contributed by atoms with Crippen LogP contribution in [0.1, 0.15) is 486 Å². The molecule has 138 heavy (non-hydrogen) atoms. The predicted octanol–water partition coefficient (Wildman–Crippen LogP) is 31.1. The number of ether oxygens (including phenoxy) is 6. The largest absolute Gasteiger partial charge is 0.462 e. The zero-order valence-corrected chi connectivity index (χ0v) is 94.5. The molecule has 3 amide bonds. The molecule has 0 unspecified atom stereocenters. The molecule has 0 aliphatic carbocycles. The Balaban J connectivity index is -0.00000198. The molecule has 0 saturated carbocycles. The van der Waals surface area contributed by atoms with Crippen molar-refractivity contribution in [3.05, 3.63) is 36.5 Å². The monoisotopic (exact) mass is 2010 g/mol. The fourth-order valence-electron chi connectivity index (χ4n) is 15.7. The van der Waals surface area contributed by atoms with Crippen LogP contribution in [0.25, 0.3) is 0 Å². The summed E-state index contributed by atoms with van der Waals surface area (Å²) in [4.78, 5) is 126. The summed E-state index contributed by atoms with van der Waals surface area (Å²) in [6, 6.07) is 0. The minimum atomic E-state index is -0.239. The van der Waals surface area contributed by atoms with Gasteiger partial charge in [0.1, 0.15) is 38.1 Å². The highest BCUT2D eigenvalue weighted by molar-refractivity contribution is 8.14. The van der Waals surface area contributed by atoms with Gasteiger partial charge in [-0.25, -0.2) is 0 Å². The van der Waals surface area contributed by atoms with E-state index in [0.29, 0.717) is 116 Å². The SMILES string of the molecule is CCCCCC/C=C\COC(=O)CCCCCN(CCC(=O)OC(CCCCCCC)CCCCCCC)C(=O)SCCN(C)C.CCCCCC/C=C\COC(=O)CCCCCN(CCCC(=O)OC(CCCCCCC)CCCCCCC)C(=O)SCCN(C)C.CCCCCC/C=C\COC(=O)CCCN(CCCC(=O)OC(CCCCCCC)CCCCCCC)C(=O)SCCN(C)C. The van der Waals surface area contributed by atoms with Crippen LogP contribution in [0.5, 0.6) is 0 Å². The number of thioether (sulfide) groups is 3. The smallest absolute Gasteiger partial charge is 0.307 e. The van der Waals surface area contributed by atoms with Crippen LogP contribution in [0.2, 0.25) is 0 Å². The number of esters is 6. The Morgan fingerprint density at radius 2 is 0.413 bits per heavy atom. The molecule has 0 N–H and O–H groups in total. The van der Waals surface area contributed by atoms with Crippen molar-refractivity contribution in [2.75, 3.05) is 138 Å². The maximum absolute atomic E-state index is 13.1. The van der Waals surface area contributed by atoms with Crippen LogP contribution in [-0.2, 0) is 57.2 Å². The van der Waals surface area contributed by atoms with Gasteiger partial charge in [0.2, 0.25) is 0 Å². The van der Waals surface area contributed by atoms with Gasteiger partial charge in [0.15, 0.2) is 0 Å². The van der Waals surface area contributed by atoms with Gasteiger partial charge in [-0.05, 0) is 203 Å². The third-order valence-electron chi connectivity index (χ3n) is 24.6. The van der Waals surface area contributed by atoms with Gasteiger partial charge in [0.05, 0.1) is 6.42 Å². The maximum atomic E-state index is 13.1. The number of rotatable bonds is 96. The van der Waals surface area contributed by atoms with Crippen LogP contribution in [0, 0.1) is 0 Å². The molecule has 0 radical (unpaired) electrons. The average molecular weight is 2010 g/mol. The summed E-state index contributed by atoms with van der Waals surface area (Å²) in [7, 11) is 12.0. The summed E-state index contributed by atoms with van der Waals surface area (Å²) in [6.45, 7) is 26.5. The summed E-state index contributed by atoms with van der Waals surface area (Å²) in [5.74, 6) is 1.10. The Morgan fingerprint density at radius 1 is 0.210 bits per heavy atom. The van der Waals surface area contributed by atoms with Crippen molar-refractivity contribution in [1.29, 1.82) is 0 Å². The fraction of sp³-hybridized carbons (Fsp3) is 0.868. The second kappa shape index (κ2) is 108. The molecular weight excluding hydrogens is 1790 g/mol. The van der Waals surface area contributed by atoms with Gasteiger partial charge in [-0.2, -0.15) is 0 Å². The van der Waals surface area contributed by atoms with Gasteiger partial charge in [0.25, 0.3) is 15.7 Å². The second-order valence-corrected chi connectivity index (χ2v) is 42.1. The van der Waals surface area contributed by atoms with Gasteiger partial charge in [-0.1, -0.05) is 359 Å². The van der Waals surface area contributed by atoms with Gasteiger partial charge in [0, 0.05) is 108 Å². The topological polar surface area (TPSA) is 228 Å². The Hall–Kier alpha value is -4.62. The van der Waals surface area contributed by atoms with Gasteiger partial charge in [-0.15, -0.1) is 0 Å². The lowest BCUT2D eigenvalue weighted by Gasteiger charge is -2.23. The Morgan fingerprint density at radius 3 is 0.659 bits per heavy atom. The zero-order chi connectivity index (χ0) is 102. The summed E-state index contributed by atoms with van der Waals surface area (Å²) >= 11 is 3.96. The molecule has 0 atom stereocenters. The molecular formula is C114H216N6O15S3. The first-order chi connectivity index (χ1) is 67.0. The number of carbonyl (C=O) groups is 9. The number of carbonyl (C=O) groups excluding carboxylic acids is 9. The Kier molecular flexibility index (Phi) is 108. The van der Waals surface area contributed by atoms with Crippen molar-refractivity contribution in [3.8, 4) is 0 Å². The third-order valence-corrected chi connectivity index (χ3v) is 27.2. The van der Waals surface area contributed by atoms with Crippen molar-refractivity contribution in [2.45, 2.75) is 504 Å². The number of nitrogens with zero attached hydrogens (tertiary/aromatic N) is 6. The summed E-state index contributed by atoms with van der Waals surface area (Å²) < 4.78 is 34.0. The summed E-state index contributed by atoms with van der Waals surface area (Å²) in [5.41, 5.74) is 0. The standard InChI is InChI=1S/C39H74N2O5S.C38H72N2O5S.C37H70N2O5S/c1-6-9-12-15-16-19-25-34-45-37(42)29-23-20-24-31-41(39(44)47-35-33-40(4)5)32-26-30-38(43)46-36(27-21-17-13-10-7-2)28-22-18-14-11-8-3;1-6-9-12-15-16-19-25-33-44-36(41)28-23-20-24-30-40(38(43)46-34-32-39(4)5)31-29-37(42)45-35(26-21-17-13-10-7-2)27-22-18-14-11-8-3;1-6-9-12-15-16-19-22-32-43-35(40)27-23-29-39(37(42)45-33-31-38(4)5)30-24-28-36(41)44-34(25-20-17-13-10-7-2)26-21-18-14-11-8-3/h19,25,36H,6-18,20-24,26-35H2,1-5H3;19,25,35H,6-18,20-24,26-34H2,1-5H3;19,22,34H,6-18,20-21,23-33H2,1-5H3/b2*25-19-;22-19-. The molecule has 0 rings (SSSR count). The van der Waals surface area contributed by atoms with Crippen LogP contribution >= 0.6 is 35.3 Å². The van der Waals surface area contributed by atoms with Crippen LogP contribution in [-0.4, -0.2) is 238 Å². The highest BCUT2D eigenvalue weighted by Gasteiger charge is 2.24. The van der Waals surface area contributed by atoms with Crippen LogP contribution in [0.15, 0.2) is 36.5 Å². The minimum absolute atomic E-state index is 0.00151. The number of hydrogen-bond donors (Lipinski definition) is 0. The molecule has 0 aromatic carbocycles. The fourth-order valence-corrected chi connectivity index (χ4v) is 18.7. The van der Waals surface area contributed by atoms with Crippen molar-refractivity contribution in [2.24, 2.45) is 0 Å². The van der Waals surface area contributed by atoms with Crippen LogP contribution in [0.4, 0.5) is 14.4 Å². The van der Waals surface area contributed by atoms with E-state index >= 15 is 0 Å². The first-order valence-corrected chi connectivity index (χ1v) is 59.7. The van der Waals surface area contributed by atoms with E-state index in [0.717, 1.165) is 160 Å². The van der Waals surface area contributed by atoms with Crippen molar-refractivity contribution < 1.29 is 71.6 Å². The first-order valence-electron chi connectivity index (χ1n) is 56.7. The molecule has 21 nitrogen and oxygen atoms in total. The molecule has 0 heterocycles. The lowest BCUT2D eigenvalue weighted by molar-refractivity contribution is -0.151. The third kappa shape index (κ3) is 101. The van der Waals surface area contributed by atoms with Crippen LogP contribution < -0.4 is 0 Å². The lowest BCUT2D eigenvalue weighted by Crippen LogP contribution is -2.32. The second-order valence-electron chi connectivity index (χ2n) is 39.0. The van der Waals surface area contributed by atoms with E-state index in [1.807, 2.05) is 65.4 Å². The average Bonchev–Trinajstić information content (AvgIpc) is 0.935. The number of allylic oxidation sites excluding steroid dienone is 3. The lowest BCUT2D eigenvalue weighted by atomic mass is 10.0. The maximum Gasteiger partial charge on any atom is 0.307 e.